The lowest BCUT2D eigenvalue weighted by Crippen LogP contribution is -2.42. The first kappa shape index (κ1) is 30.2. The standard InChI is InChI=1S/C18H26Cl4S6/c1-12(19)8-25-16(6-5-7-23)18(27-10-14(3)21,28-11-15(4)22)17(24)26-9-13(2)20/h16-17,23-24H,1-11H2. The molecule has 0 aliphatic carbocycles. The third kappa shape index (κ3) is 12.9. The highest BCUT2D eigenvalue weighted by molar-refractivity contribution is 8.23. The Hall–Kier alpha value is 2.22. The first-order valence-corrected chi connectivity index (χ1v) is 14.9. The molecule has 10 heteroatoms. The molecule has 0 saturated heterocycles. The minimum Gasteiger partial charge on any atom is -0.179 e. The fourth-order valence-electron chi connectivity index (χ4n) is 2.07. The van der Waals surface area contributed by atoms with Gasteiger partial charge in [-0.3, -0.25) is 0 Å². The van der Waals surface area contributed by atoms with Gasteiger partial charge in [-0.1, -0.05) is 72.7 Å². The third-order valence-electron chi connectivity index (χ3n) is 3.17. The van der Waals surface area contributed by atoms with E-state index < -0.39 is 0 Å². The first-order valence-electron chi connectivity index (χ1n) is 8.18. The van der Waals surface area contributed by atoms with Crippen LogP contribution in [0.4, 0.5) is 0 Å². The highest BCUT2D eigenvalue weighted by atomic mass is 35.5. The lowest BCUT2D eigenvalue weighted by molar-refractivity contribution is 0.704. The van der Waals surface area contributed by atoms with Gasteiger partial charge in [0.15, 0.2) is 0 Å². The van der Waals surface area contributed by atoms with Gasteiger partial charge >= 0.3 is 0 Å². The predicted octanol–water partition coefficient (Wildman–Crippen LogP) is 8.96. The van der Waals surface area contributed by atoms with E-state index in [0.717, 1.165) is 18.6 Å². The number of halogens is 4. The molecule has 0 fully saturated rings. The molecular weight excluding hydrogens is 550 g/mol. The Morgan fingerprint density at radius 2 is 1.21 bits per heavy atom. The Morgan fingerprint density at radius 3 is 1.61 bits per heavy atom. The molecule has 0 nitrogen and oxygen atoms in total. The average molecular weight is 577 g/mol. The van der Waals surface area contributed by atoms with Crippen LogP contribution in [0.25, 0.3) is 0 Å². The number of hydrogen-bond acceptors (Lipinski definition) is 6. The number of rotatable bonds is 17. The van der Waals surface area contributed by atoms with Crippen molar-refractivity contribution in [3.05, 3.63) is 46.4 Å². The quantitative estimate of drug-likeness (QED) is 0.131. The Balaban J connectivity index is 5.96. The third-order valence-corrected chi connectivity index (χ3v) is 12.8. The summed E-state index contributed by atoms with van der Waals surface area (Å²) in [5.41, 5.74) is 0. The SMILES string of the molecule is C=C(Cl)CSC(S)C(SCC(=C)Cl)(SCC(=C)Cl)C(CCCS)SCC(=C)Cl. The Kier molecular flexibility index (Phi) is 18.1. The fraction of sp³-hybridized carbons (Fsp3) is 0.556. The van der Waals surface area contributed by atoms with Gasteiger partial charge in [0.2, 0.25) is 0 Å². The number of hydrogen-bond donors (Lipinski definition) is 2. The van der Waals surface area contributed by atoms with E-state index in [4.69, 9.17) is 59.0 Å². The Bertz CT molecular complexity index is 522. The zero-order valence-electron chi connectivity index (χ0n) is 15.5. The van der Waals surface area contributed by atoms with Crippen LogP contribution in [0.15, 0.2) is 46.4 Å². The Labute approximate surface area is 218 Å². The summed E-state index contributed by atoms with van der Waals surface area (Å²) in [5.74, 6) is 3.26. The van der Waals surface area contributed by atoms with Crippen LogP contribution in [-0.2, 0) is 0 Å². The Morgan fingerprint density at radius 1 is 0.786 bits per heavy atom. The smallest absolute Gasteiger partial charge is 0.0942 e. The van der Waals surface area contributed by atoms with E-state index in [1.807, 2.05) is 0 Å². The highest BCUT2D eigenvalue weighted by Gasteiger charge is 2.45. The summed E-state index contributed by atoms with van der Waals surface area (Å²) in [6.07, 6.45) is 1.91. The second-order valence-electron chi connectivity index (χ2n) is 5.70. The van der Waals surface area contributed by atoms with Crippen molar-refractivity contribution < 1.29 is 0 Å². The predicted molar refractivity (Wildman–Crippen MR) is 152 cm³/mol. The minimum absolute atomic E-state index is 0.0639. The second kappa shape index (κ2) is 16.8. The molecule has 2 atom stereocenters. The van der Waals surface area contributed by atoms with Crippen LogP contribution in [-0.4, -0.2) is 42.7 Å². The zero-order chi connectivity index (χ0) is 21.7. The molecule has 0 aromatic heterocycles. The highest BCUT2D eigenvalue weighted by Crippen LogP contribution is 2.55. The maximum Gasteiger partial charge on any atom is 0.0942 e. The van der Waals surface area contributed by atoms with Gasteiger partial charge in [-0.15, -0.1) is 35.3 Å². The van der Waals surface area contributed by atoms with E-state index in [9.17, 15) is 0 Å². The lowest BCUT2D eigenvalue weighted by Gasteiger charge is -2.43. The van der Waals surface area contributed by atoms with Crippen molar-refractivity contribution in [2.24, 2.45) is 0 Å². The van der Waals surface area contributed by atoms with E-state index in [-0.39, 0.29) is 13.9 Å². The van der Waals surface area contributed by atoms with E-state index in [0.29, 0.717) is 43.1 Å². The molecule has 0 aliphatic rings. The van der Waals surface area contributed by atoms with Crippen LogP contribution in [0.5, 0.6) is 0 Å². The molecule has 0 aromatic carbocycles. The van der Waals surface area contributed by atoms with E-state index in [1.54, 1.807) is 47.0 Å². The lowest BCUT2D eigenvalue weighted by atomic mass is 10.2. The molecule has 0 aliphatic heterocycles. The fourth-order valence-corrected chi connectivity index (χ4v) is 9.79. The molecule has 0 rings (SSSR count). The summed E-state index contributed by atoms with van der Waals surface area (Å²) in [5, 5.41) is 2.59. The first-order chi connectivity index (χ1) is 13.0. The summed E-state index contributed by atoms with van der Waals surface area (Å²) in [6, 6.07) is 0. The van der Waals surface area contributed by atoms with Crippen molar-refractivity contribution in [1.82, 2.24) is 0 Å². The zero-order valence-corrected chi connectivity index (χ0v) is 23.6. The van der Waals surface area contributed by atoms with Gasteiger partial charge in [-0.2, -0.15) is 37.0 Å². The van der Waals surface area contributed by atoms with Gasteiger partial charge in [0.25, 0.3) is 0 Å². The second-order valence-corrected chi connectivity index (χ2v) is 14.2. The molecule has 0 N–H and O–H groups in total. The summed E-state index contributed by atoms with van der Waals surface area (Å²) in [7, 11) is 0. The van der Waals surface area contributed by atoms with Crippen molar-refractivity contribution in [1.29, 1.82) is 0 Å². The molecule has 0 aromatic rings. The van der Waals surface area contributed by atoms with E-state index in [1.165, 1.54) is 0 Å². The van der Waals surface area contributed by atoms with Crippen molar-refractivity contribution in [3.8, 4) is 0 Å². The summed E-state index contributed by atoms with van der Waals surface area (Å²) in [4.78, 5) is 0. The van der Waals surface area contributed by atoms with Crippen molar-refractivity contribution in [3.63, 3.8) is 0 Å². The average Bonchev–Trinajstić information content (AvgIpc) is 2.60. The van der Waals surface area contributed by atoms with Gasteiger partial charge in [0.1, 0.15) is 0 Å². The van der Waals surface area contributed by atoms with Crippen LogP contribution < -0.4 is 0 Å². The van der Waals surface area contributed by atoms with Crippen molar-refractivity contribution in [2.75, 3.05) is 28.8 Å². The topological polar surface area (TPSA) is 0 Å². The molecular formula is C18H26Cl4S6. The molecule has 0 bridgehead atoms. The molecule has 0 spiro atoms. The van der Waals surface area contributed by atoms with Crippen molar-refractivity contribution in [2.45, 2.75) is 26.8 Å². The molecule has 0 heterocycles. The van der Waals surface area contributed by atoms with Gasteiger partial charge in [0, 0.05) is 48.4 Å². The van der Waals surface area contributed by atoms with Gasteiger partial charge in [0.05, 0.1) is 8.66 Å². The molecule has 28 heavy (non-hydrogen) atoms. The largest absolute Gasteiger partial charge is 0.179 e. The summed E-state index contributed by atoms with van der Waals surface area (Å²) >= 11 is 40.6. The van der Waals surface area contributed by atoms with Crippen LogP contribution in [0.2, 0.25) is 0 Å². The summed E-state index contributed by atoms with van der Waals surface area (Å²) in [6.45, 7) is 15.3. The maximum absolute atomic E-state index is 6.13. The molecule has 162 valence electrons. The number of thioether (sulfide) groups is 4. The number of thiol groups is 2. The molecule has 2 unspecified atom stereocenters. The van der Waals surface area contributed by atoms with Gasteiger partial charge in [-0.05, 0) is 18.6 Å². The normalized spacial score (nSPS) is 13.8. The van der Waals surface area contributed by atoms with Crippen LogP contribution in [0.3, 0.4) is 0 Å². The molecule has 0 radical (unpaired) electrons. The van der Waals surface area contributed by atoms with E-state index in [2.05, 4.69) is 38.9 Å². The van der Waals surface area contributed by atoms with Gasteiger partial charge < -0.3 is 0 Å². The molecule has 0 saturated carbocycles. The van der Waals surface area contributed by atoms with Crippen molar-refractivity contribution >= 4 is 119 Å². The summed E-state index contributed by atoms with van der Waals surface area (Å²) < 4.78 is -0.401. The van der Waals surface area contributed by atoms with Crippen LogP contribution >= 0.6 is 119 Å². The van der Waals surface area contributed by atoms with Gasteiger partial charge in [-0.25, -0.2) is 0 Å². The van der Waals surface area contributed by atoms with Crippen LogP contribution in [0.1, 0.15) is 12.8 Å². The maximum atomic E-state index is 6.13. The molecule has 0 amide bonds. The van der Waals surface area contributed by atoms with E-state index >= 15 is 0 Å². The minimum atomic E-state index is -0.338. The van der Waals surface area contributed by atoms with Crippen LogP contribution in [0, 0.1) is 0 Å². The monoisotopic (exact) mass is 574 g/mol.